The minimum Gasteiger partial charge on any atom is -0.371 e. The number of nitro groups is 1. The van der Waals surface area contributed by atoms with Crippen molar-refractivity contribution in [2.75, 3.05) is 37.6 Å². The third-order valence-electron chi connectivity index (χ3n) is 5.18. The Labute approximate surface area is 157 Å². The fourth-order valence-corrected chi connectivity index (χ4v) is 3.77. The normalized spacial score (nSPS) is 18.4. The SMILES string of the molecule is NC(=O)CN1CCC(NC(=O)c2cc([N+](=O)[O-])ccc2N2CCCC2)CC1. The van der Waals surface area contributed by atoms with Crippen molar-refractivity contribution in [3.8, 4) is 0 Å². The zero-order chi connectivity index (χ0) is 19.4. The first kappa shape index (κ1) is 19.1. The second-order valence-electron chi connectivity index (χ2n) is 7.14. The number of amides is 2. The van der Waals surface area contributed by atoms with E-state index in [-0.39, 0.29) is 30.1 Å². The van der Waals surface area contributed by atoms with Crippen LogP contribution >= 0.6 is 0 Å². The van der Waals surface area contributed by atoms with Crippen LogP contribution in [-0.2, 0) is 4.79 Å². The highest BCUT2D eigenvalue weighted by atomic mass is 16.6. The minimum absolute atomic E-state index is 0.0210. The first-order valence-electron chi connectivity index (χ1n) is 9.29. The van der Waals surface area contributed by atoms with Crippen LogP contribution in [0.3, 0.4) is 0 Å². The van der Waals surface area contributed by atoms with E-state index in [9.17, 15) is 19.7 Å². The number of hydrogen-bond acceptors (Lipinski definition) is 6. The number of carbonyl (C=O) groups is 2. The average molecular weight is 375 g/mol. The van der Waals surface area contributed by atoms with Gasteiger partial charge in [0.15, 0.2) is 0 Å². The Kier molecular flexibility index (Phi) is 5.90. The molecule has 0 aromatic heterocycles. The highest BCUT2D eigenvalue weighted by molar-refractivity contribution is 6.00. The Morgan fingerprint density at radius 1 is 1.19 bits per heavy atom. The number of nitro benzene ring substituents is 1. The maximum Gasteiger partial charge on any atom is 0.270 e. The molecule has 2 heterocycles. The van der Waals surface area contributed by atoms with Gasteiger partial charge in [-0.05, 0) is 31.7 Å². The molecule has 0 saturated carbocycles. The largest absolute Gasteiger partial charge is 0.371 e. The number of benzene rings is 1. The number of rotatable bonds is 6. The molecule has 2 aliphatic heterocycles. The van der Waals surface area contributed by atoms with E-state index in [0.29, 0.717) is 31.5 Å². The van der Waals surface area contributed by atoms with Crippen molar-refractivity contribution < 1.29 is 14.5 Å². The van der Waals surface area contributed by atoms with Gasteiger partial charge < -0.3 is 16.0 Å². The molecule has 1 aromatic carbocycles. The van der Waals surface area contributed by atoms with Crippen LogP contribution in [0, 0.1) is 10.1 Å². The maximum atomic E-state index is 12.9. The predicted octanol–water partition coefficient (Wildman–Crippen LogP) is 0.874. The van der Waals surface area contributed by atoms with Gasteiger partial charge in [-0.15, -0.1) is 0 Å². The molecule has 0 radical (unpaired) electrons. The van der Waals surface area contributed by atoms with Crippen LogP contribution in [0.5, 0.6) is 0 Å². The van der Waals surface area contributed by atoms with Crippen LogP contribution in [0.15, 0.2) is 18.2 Å². The monoisotopic (exact) mass is 375 g/mol. The van der Waals surface area contributed by atoms with Crippen molar-refractivity contribution in [3.63, 3.8) is 0 Å². The molecule has 1 aromatic rings. The molecule has 146 valence electrons. The van der Waals surface area contributed by atoms with Crippen LogP contribution in [0.25, 0.3) is 0 Å². The number of nitrogens with one attached hydrogen (secondary N) is 1. The molecule has 3 N–H and O–H groups in total. The van der Waals surface area contributed by atoms with E-state index in [1.165, 1.54) is 12.1 Å². The van der Waals surface area contributed by atoms with Crippen molar-refractivity contribution in [2.24, 2.45) is 5.73 Å². The smallest absolute Gasteiger partial charge is 0.270 e. The van der Waals surface area contributed by atoms with Crippen LogP contribution in [0.2, 0.25) is 0 Å². The summed E-state index contributed by atoms with van der Waals surface area (Å²) >= 11 is 0. The van der Waals surface area contributed by atoms with Crippen molar-refractivity contribution in [1.82, 2.24) is 10.2 Å². The van der Waals surface area contributed by atoms with Crippen LogP contribution < -0.4 is 16.0 Å². The summed E-state index contributed by atoms with van der Waals surface area (Å²) in [5.74, 6) is -0.640. The van der Waals surface area contributed by atoms with Gasteiger partial charge in [-0.1, -0.05) is 0 Å². The molecule has 0 unspecified atom stereocenters. The Morgan fingerprint density at radius 3 is 2.44 bits per heavy atom. The number of nitrogens with zero attached hydrogens (tertiary/aromatic N) is 3. The van der Waals surface area contributed by atoms with Crippen molar-refractivity contribution in [2.45, 2.75) is 31.7 Å². The lowest BCUT2D eigenvalue weighted by molar-refractivity contribution is -0.384. The van der Waals surface area contributed by atoms with Gasteiger partial charge in [0.2, 0.25) is 5.91 Å². The summed E-state index contributed by atoms with van der Waals surface area (Å²) < 4.78 is 0. The second-order valence-corrected chi connectivity index (χ2v) is 7.14. The van der Waals surface area contributed by atoms with E-state index in [4.69, 9.17) is 5.73 Å². The lowest BCUT2D eigenvalue weighted by atomic mass is 10.0. The Balaban J connectivity index is 1.70. The van der Waals surface area contributed by atoms with E-state index >= 15 is 0 Å². The van der Waals surface area contributed by atoms with E-state index < -0.39 is 4.92 Å². The van der Waals surface area contributed by atoms with Gasteiger partial charge in [0.1, 0.15) is 0 Å². The molecule has 0 bridgehead atoms. The second kappa shape index (κ2) is 8.34. The van der Waals surface area contributed by atoms with Crippen LogP contribution in [0.1, 0.15) is 36.0 Å². The van der Waals surface area contributed by atoms with Crippen molar-refractivity contribution >= 4 is 23.2 Å². The summed E-state index contributed by atoms with van der Waals surface area (Å²) in [6, 6.07) is 4.47. The standard InChI is InChI=1S/C18H25N5O4/c19-17(24)12-21-9-5-13(6-10-21)20-18(25)15-11-14(23(26)27)3-4-16(15)22-7-1-2-8-22/h3-4,11,13H,1-2,5-10,12H2,(H2,19,24)(H,20,25). The Morgan fingerprint density at radius 2 is 1.85 bits per heavy atom. The highest BCUT2D eigenvalue weighted by Gasteiger charge is 2.26. The van der Waals surface area contributed by atoms with Gasteiger partial charge in [0.25, 0.3) is 11.6 Å². The Hall–Kier alpha value is -2.68. The average Bonchev–Trinajstić information content (AvgIpc) is 3.17. The Bertz CT molecular complexity index is 724. The number of anilines is 1. The number of likely N-dealkylation sites (tertiary alicyclic amines) is 1. The molecule has 0 spiro atoms. The molecule has 2 aliphatic rings. The van der Waals surface area contributed by atoms with Gasteiger partial charge >= 0.3 is 0 Å². The van der Waals surface area contributed by atoms with Crippen LogP contribution in [0.4, 0.5) is 11.4 Å². The highest BCUT2D eigenvalue weighted by Crippen LogP contribution is 2.28. The maximum absolute atomic E-state index is 12.9. The molecule has 3 rings (SSSR count). The van der Waals surface area contributed by atoms with Crippen LogP contribution in [-0.4, -0.2) is 60.4 Å². The topological polar surface area (TPSA) is 122 Å². The number of nitrogens with two attached hydrogens (primary N) is 1. The molecule has 9 nitrogen and oxygen atoms in total. The number of carbonyl (C=O) groups excluding carboxylic acids is 2. The number of hydrogen-bond donors (Lipinski definition) is 2. The molecule has 0 aliphatic carbocycles. The molecule has 9 heteroatoms. The van der Waals surface area contributed by atoms with E-state index in [2.05, 4.69) is 10.2 Å². The van der Waals surface area contributed by atoms with E-state index in [0.717, 1.165) is 31.6 Å². The predicted molar refractivity (Wildman–Crippen MR) is 101 cm³/mol. The quantitative estimate of drug-likeness (QED) is 0.562. The third-order valence-corrected chi connectivity index (χ3v) is 5.18. The molecule has 2 saturated heterocycles. The fourth-order valence-electron chi connectivity index (χ4n) is 3.77. The lowest BCUT2D eigenvalue weighted by Gasteiger charge is -2.31. The van der Waals surface area contributed by atoms with Gasteiger partial charge in [-0.25, -0.2) is 0 Å². The summed E-state index contributed by atoms with van der Waals surface area (Å²) in [6.45, 7) is 3.29. The van der Waals surface area contributed by atoms with Crippen molar-refractivity contribution in [1.29, 1.82) is 0 Å². The summed E-state index contributed by atoms with van der Waals surface area (Å²) in [6.07, 6.45) is 3.53. The first-order valence-corrected chi connectivity index (χ1v) is 9.29. The molecule has 0 atom stereocenters. The van der Waals surface area contributed by atoms with Gasteiger partial charge in [-0.3, -0.25) is 24.6 Å². The summed E-state index contributed by atoms with van der Waals surface area (Å²) in [5, 5.41) is 14.1. The molecular weight excluding hydrogens is 350 g/mol. The van der Waals surface area contributed by atoms with E-state index in [1.54, 1.807) is 6.07 Å². The third kappa shape index (κ3) is 4.73. The number of non-ortho nitro benzene ring substituents is 1. The molecule has 2 fully saturated rings. The molecular formula is C18H25N5O4. The number of primary amides is 1. The number of piperidine rings is 1. The lowest BCUT2D eigenvalue weighted by Crippen LogP contribution is -2.46. The van der Waals surface area contributed by atoms with Gasteiger partial charge in [-0.2, -0.15) is 0 Å². The molecule has 2 amide bonds. The van der Waals surface area contributed by atoms with Gasteiger partial charge in [0, 0.05) is 44.4 Å². The van der Waals surface area contributed by atoms with Crippen molar-refractivity contribution in [3.05, 3.63) is 33.9 Å². The van der Waals surface area contributed by atoms with E-state index in [1.807, 2.05) is 4.90 Å². The molecule has 27 heavy (non-hydrogen) atoms. The first-order chi connectivity index (χ1) is 12.9. The summed E-state index contributed by atoms with van der Waals surface area (Å²) in [5.41, 5.74) is 6.24. The minimum atomic E-state index is -0.479. The fraction of sp³-hybridized carbons (Fsp3) is 0.556. The summed E-state index contributed by atoms with van der Waals surface area (Å²) in [4.78, 5) is 38.6. The zero-order valence-electron chi connectivity index (χ0n) is 15.2. The van der Waals surface area contributed by atoms with Gasteiger partial charge in [0.05, 0.1) is 22.7 Å². The zero-order valence-corrected chi connectivity index (χ0v) is 15.2. The summed E-state index contributed by atoms with van der Waals surface area (Å²) in [7, 11) is 0.